The Morgan fingerprint density at radius 3 is 1.19 bits per heavy atom. The maximum atomic E-state index is 5.33. The number of aryl methyl sites for hydroxylation is 4. The molecule has 0 saturated carbocycles. The monoisotopic (exact) mass is 594 g/mol. The number of nitrogens with zero attached hydrogens (tertiary/aromatic N) is 2. The summed E-state index contributed by atoms with van der Waals surface area (Å²) in [4.78, 5) is 10.6. The van der Waals surface area contributed by atoms with E-state index in [4.69, 9.17) is 9.98 Å². The van der Waals surface area contributed by atoms with Gasteiger partial charge in [-0.2, -0.15) is 0 Å². The van der Waals surface area contributed by atoms with E-state index in [1.165, 1.54) is 78.6 Å². The van der Waals surface area contributed by atoms with Crippen molar-refractivity contribution in [2.45, 2.75) is 131 Å². The Morgan fingerprint density at radius 1 is 0.459 bits per heavy atom. The summed E-state index contributed by atoms with van der Waals surface area (Å²) < 4.78 is 0. The second-order valence-electron chi connectivity index (χ2n) is 10.2. The van der Waals surface area contributed by atoms with Crippen LogP contribution in [0.25, 0.3) is 0 Å². The molecule has 2 aromatic carbocycles. The minimum Gasteiger partial charge on any atom is -0.252 e. The first-order valence-corrected chi connectivity index (χ1v) is 15.0. The third kappa shape index (κ3) is 12.2. The molecule has 0 atom stereocenters. The third-order valence-corrected chi connectivity index (χ3v) is 7.10. The van der Waals surface area contributed by atoms with Crippen molar-refractivity contribution in [3.05, 3.63) is 58.7 Å². The Morgan fingerprint density at radius 2 is 0.811 bits per heavy atom. The number of rotatable bonds is 17. The van der Waals surface area contributed by atoms with Gasteiger partial charge in [0.25, 0.3) is 0 Å². The van der Waals surface area contributed by atoms with Crippen LogP contribution in [0.15, 0.2) is 46.4 Å². The van der Waals surface area contributed by atoms with Crippen LogP contribution in [0, 0.1) is 0 Å². The molecule has 0 fully saturated rings. The van der Waals surface area contributed by atoms with Gasteiger partial charge in [-0.3, -0.25) is 9.98 Å². The predicted molar refractivity (Wildman–Crippen MR) is 162 cm³/mol. The van der Waals surface area contributed by atoms with Gasteiger partial charge in [0.05, 0.1) is 22.8 Å². The maximum Gasteiger partial charge on any atom is 0.0639 e. The number of hydrogen-bond acceptors (Lipinski definition) is 2. The zero-order chi connectivity index (χ0) is 26.2. The van der Waals surface area contributed by atoms with Gasteiger partial charge >= 0.3 is 0 Å². The van der Waals surface area contributed by atoms with E-state index >= 15 is 0 Å². The molecule has 0 aromatic heterocycles. The van der Waals surface area contributed by atoms with Crippen LogP contribution in [-0.2, 0) is 46.1 Å². The second-order valence-corrected chi connectivity index (χ2v) is 10.2. The molecule has 0 aliphatic carbocycles. The summed E-state index contributed by atoms with van der Waals surface area (Å²) in [5.74, 6) is 0. The molecule has 0 N–H and O–H groups in total. The van der Waals surface area contributed by atoms with Gasteiger partial charge in [0.2, 0.25) is 0 Å². The molecule has 0 spiro atoms. The fourth-order valence-corrected chi connectivity index (χ4v) is 4.69. The molecular weight excluding hydrogens is 543 g/mol. The molecule has 0 saturated heterocycles. The van der Waals surface area contributed by atoms with Crippen LogP contribution in [0.3, 0.4) is 0 Å². The Bertz CT molecular complexity index is 929. The summed E-state index contributed by atoms with van der Waals surface area (Å²) in [7, 11) is 0. The Hall–Kier alpha value is -1.56. The van der Waals surface area contributed by atoms with Crippen LogP contribution in [0.1, 0.15) is 128 Å². The van der Waals surface area contributed by atoms with Gasteiger partial charge in [0, 0.05) is 20.4 Å². The SMILES string of the molecule is CCCCCCCCC(=Nc1cc(CC)cc(CC)c1)C(CCCC)=Nc1cc(CC)cc(CC)c1.[Pd]. The minimum absolute atomic E-state index is 0. The van der Waals surface area contributed by atoms with Crippen molar-refractivity contribution in [1.29, 1.82) is 0 Å². The largest absolute Gasteiger partial charge is 0.252 e. The van der Waals surface area contributed by atoms with E-state index in [9.17, 15) is 0 Å². The fourth-order valence-electron chi connectivity index (χ4n) is 4.69. The molecule has 0 aliphatic rings. The van der Waals surface area contributed by atoms with Crippen LogP contribution in [-0.4, -0.2) is 11.4 Å². The van der Waals surface area contributed by atoms with E-state index in [1.807, 2.05) is 0 Å². The van der Waals surface area contributed by atoms with Crippen LogP contribution in [0.4, 0.5) is 11.4 Å². The first-order valence-electron chi connectivity index (χ1n) is 15.0. The van der Waals surface area contributed by atoms with E-state index in [-0.39, 0.29) is 20.4 Å². The number of unbranched alkanes of at least 4 members (excludes halogenated alkanes) is 6. The Labute approximate surface area is 242 Å². The first kappa shape index (κ1) is 33.5. The van der Waals surface area contributed by atoms with Crippen LogP contribution >= 0.6 is 0 Å². The quantitative estimate of drug-likeness (QED) is 0.0988. The first-order chi connectivity index (χ1) is 17.6. The van der Waals surface area contributed by atoms with Crippen molar-refractivity contribution in [2.75, 3.05) is 0 Å². The molecule has 0 amide bonds. The van der Waals surface area contributed by atoms with Crippen LogP contribution in [0.5, 0.6) is 0 Å². The summed E-state index contributed by atoms with van der Waals surface area (Å²) in [6.45, 7) is 13.5. The van der Waals surface area contributed by atoms with Gasteiger partial charge in [-0.15, -0.1) is 0 Å². The van der Waals surface area contributed by atoms with Crippen LogP contribution in [0.2, 0.25) is 0 Å². The molecule has 0 heterocycles. The summed E-state index contributed by atoms with van der Waals surface area (Å²) in [6, 6.07) is 13.8. The smallest absolute Gasteiger partial charge is 0.0639 e. The molecule has 0 unspecified atom stereocenters. The van der Waals surface area contributed by atoms with Crippen LogP contribution < -0.4 is 0 Å². The molecule has 3 heteroatoms. The maximum absolute atomic E-state index is 5.33. The van der Waals surface area contributed by atoms with Crippen molar-refractivity contribution in [3.63, 3.8) is 0 Å². The summed E-state index contributed by atoms with van der Waals surface area (Å²) in [5, 5.41) is 0. The van der Waals surface area contributed by atoms with E-state index in [0.29, 0.717) is 0 Å². The third-order valence-electron chi connectivity index (χ3n) is 7.10. The zero-order valence-electron chi connectivity index (χ0n) is 24.6. The number of aliphatic imine (C=N–C) groups is 2. The van der Waals surface area contributed by atoms with Gasteiger partial charge in [-0.05, 0) is 97.9 Å². The molecule has 0 aliphatic heterocycles. The normalized spacial score (nSPS) is 12.1. The van der Waals surface area contributed by atoms with Gasteiger partial charge in [0.15, 0.2) is 0 Å². The molecule has 208 valence electrons. The van der Waals surface area contributed by atoms with Gasteiger partial charge < -0.3 is 0 Å². The summed E-state index contributed by atoms with van der Waals surface area (Å²) >= 11 is 0. The summed E-state index contributed by atoms with van der Waals surface area (Å²) in [5.41, 5.74) is 10.1. The van der Waals surface area contributed by atoms with Gasteiger partial charge in [0.1, 0.15) is 0 Å². The minimum atomic E-state index is 0. The molecular formula is C34H52N2Pd. The van der Waals surface area contributed by atoms with E-state index in [2.05, 4.69) is 77.9 Å². The topological polar surface area (TPSA) is 24.7 Å². The van der Waals surface area contributed by atoms with E-state index in [1.54, 1.807) is 0 Å². The van der Waals surface area contributed by atoms with E-state index < -0.39 is 0 Å². The summed E-state index contributed by atoms with van der Waals surface area (Å²) in [6.07, 6.45) is 16.3. The standard InChI is InChI=1S/C34H52N2.Pd/c1-7-13-15-16-17-18-20-34(36-32-25-29(11-5)22-30(12-6)26-32)33(19-14-8-2)35-31-23-27(9-3)21-28(10-4)24-31;/h21-26H,7-20H2,1-6H3;. The molecule has 0 bridgehead atoms. The predicted octanol–water partition coefficient (Wildman–Crippen LogP) is 10.7. The van der Waals surface area contributed by atoms with Gasteiger partial charge in [-0.25, -0.2) is 0 Å². The number of hydrogen-bond donors (Lipinski definition) is 0. The average molecular weight is 595 g/mol. The zero-order valence-corrected chi connectivity index (χ0v) is 26.1. The Kier molecular flexibility index (Phi) is 17.6. The fraction of sp³-hybridized carbons (Fsp3) is 0.588. The second kappa shape index (κ2) is 19.5. The average Bonchev–Trinajstić information content (AvgIpc) is 2.91. The van der Waals surface area contributed by atoms with Crippen molar-refractivity contribution in [3.8, 4) is 0 Å². The van der Waals surface area contributed by atoms with E-state index in [0.717, 1.165) is 56.3 Å². The molecule has 37 heavy (non-hydrogen) atoms. The molecule has 0 radical (unpaired) electrons. The van der Waals surface area contributed by atoms with Crippen molar-refractivity contribution in [1.82, 2.24) is 0 Å². The van der Waals surface area contributed by atoms with Gasteiger partial charge in [-0.1, -0.05) is 92.2 Å². The van der Waals surface area contributed by atoms with Crippen molar-refractivity contribution >= 4 is 22.8 Å². The van der Waals surface area contributed by atoms with Crippen molar-refractivity contribution < 1.29 is 20.4 Å². The van der Waals surface area contributed by atoms with Crippen molar-refractivity contribution in [2.24, 2.45) is 9.98 Å². The Balaban J connectivity index is 0.00000684. The molecule has 2 aromatic rings. The molecule has 2 rings (SSSR count). The number of benzene rings is 2. The molecule has 2 nitrogen and oxygen atoms in total.